The van der Waals surface area contributed by atoms with E-state index < -0.39 is 6.23 Å². The third kappa shape index (κ3) is 2.76. The summed E-state index contributed by atoms with van der Waals surface area (Å²) < 4.78 is 5.31. The molecule has 0 saturated carbocycles. The van der Waals surface area contributed by atoms with Gasteiger partial charge in [0.1, 0.15) is 5.84 Å². The van der Waals surface area contributed by atoms with Crippen molar-refractivity contribution >= 4 is 23.1 Å². The molecule has 3 rings (SSSR count). The SMILES string of the molecule is CCOc1ccc(C2=NC(OO)c3cccc(Cl)c3N2)cn1. The number of fused-ring (bicyclic) bond motifs is 1. The van der Waals surface area contributed by atoms with Crippen molar-refractivity contribution in [3.8, 4) is 5.88 Å². The molecule has 22 heavy (non-hydrogen) atoms. The summed E-state index contributed by atoms with van der Waals surface area (Å²) in [5, 5.41) is 12.8. The van der Waals surface area contributed by atoms with E-state index in [1.165, 1.54) is 0 Å². The molecular weight excluding hydrogens is 306 g/mol. The first-order chi connectivity index (χ1) is 10.7. The summed E-state index contributed by atoms with van der Waals surface area (Å²) in [5.41, 5.74) is 2.05. The fourth-order valence-electron chi connectivity index (χ4n) is 2.20. The first-order valence-electron chi connectivity index (χ1n) is 6.75. The number of anilines is 1. The predicted octanol–water partition coefficient (Wildman–Crippen LogP) is 3.49. The number of rotatable bonds is 4. The third-order valence-electron chi connectivity index (χ3n) is 3.20. The van der Waals surface area contributed by atoms with Crippen molar-refractivity contribution in [2.24, 2.45) is 4.99 Å². The van der Waals surface area contributed by atoms with Crippen LogP contribution in [-0.4, -0.2) is 22.7 Å². The van der Waals surface area contributed by atoms with Gasteiger partial charge in [-0.05, 0) is 19.1 Å². The minimum atomic E-state index is -0.837. The number of ether oxygens (including phenoxy) is 1. The fourth-order valence-corrected chi connectivity index (χ4v) is 2.43. The maximum Gasteiger partial charge on any atom is 0.213 e. The van der Waals surface area contributed by atoms with Gasteiger partial charge in [0, 0.05) is 23.4 Å². The standard InChI is InChI=1S/C15H14ClN3O3/c1-2-21-12-7-6-9(8-17-12)14-18-13-10(15(19-14)22-20)4-3-5-11(13)16/h3-8,15,20H,2H2,1H3,(H,18,19). The van der Waals surface area contributed by atoms with Crippen LogP contribution >= 0.6 is 11.6 Å². The number of hydrogen-bond acceptors (Lipinski definition) is 6. The zero-order valence-corrected chi connectivity index (χ0v) is 12.5. The minimum Gasteiger partial charge on any atom is -0.478 e. The molecule has 2 heterocycles. The van der Waals surface area contributed by atoms with Gasteiger partial charge in [-0.1, -0.05) is 23.7 Å². The van der Waals surface area contributed by atoms with E-state index in [1.54, 1.807) is 30.5 Å². The van der Waals surface area contributed by atoms with Crippen molar-refractivity contribution in [3.63, 3.8) is 0 Å². The van der Waals surface area contributed by atoms with Crippen LogP contribution in [0.5, 0.6) is 5.88 Å². The number of aliphatic imine (C=N–C) groups is 1. The highest BCUT2D eigenvalue weighted by Crippen LogP contribution is 2.36. The molecule has 114 valence electrons. The summed E-state index contributed by atoms with van der Waals surface area (Å²) in [5.74, 6) is 1.05. The molecule has 0 fully saturated rings. The molecule has 0 radical (unpaired) electrons. The molecule has 2 aromatic rings. The highest BCUT2D eigenvalue weighted by Gasteiger charge is 2.24. The Morgan fingerprint density at radius 3 is 2.86 bits per heavy atom. The molecule has 1 atom stereocenters. The molecule has 0 saturated heterocycles. The van der Waals surface area contributed by atoms with Crippen LogP contribution in [0.15, 0.2) is 41.5 Å². The van der Waals surface area contributed by atoms with Gasteiger partial charge in [0.15, 0.2) is 0 Å². The maximum atomic E-state index is 9.09. The van der Waals surface area contributed by atoms with Crippen molar-refractivity contribution in [2.75, 3.05) is 11.9 Å². The Bertz CT molecular complexity index is 704. The molecule has 0 spiro atoms. The average molecular weight is 320 g/mol. The predicted molar refractivity (Wildman–Crippen MR) is 83.5 cm³/mol. The largest absolute Gasteiger partial charge is 0.478 e. The molecular formula is C15H14ClN3O3. The highest BCUT2D eigenvalue weighted by atomic mass is 35.5. The summed E-state index contributed by atoms with van der Waals surface area (Å²) in [6.45, 7) is 2.44. The molecule has 1 aromatic heterocycles. The Hall–Kier alpha value is -2.15. The van der Waals surface area contributed by atoms with Crippen molar-refractivity contribution in [3.05, 3.63) is 52.7 Å². The van der Waals surface area contributed by atoms with Crippen LogP contribution in [0.25, 0.3) is 0 Å². The number of hydrogen-bond donors (Lipinski definition) is 2. The van der Waals surface area contributed by atoms with E-state index in [1.807, 2.05) is 13.0 Å². The van der Waals surface area contributed by atoms with Gasteiger partial charge in [0.25, 0.3) is 0 Å². The van der Waals surface area contributed by atoms with E-state index in [2.05, 4.69) is 20.2 Å². The lowest BCUT2D eigenvalue weighted by molar-refractivity contribution is -0.279. The molecule has 2 N–H and O–H groups in total. The number of para-hydroxylation sites is 1. The zero-order valence-electron chi connectivity index (χ0n) is 11.8. The van der Waals surface area contributed by atoms with Gasteiger partial charge in [-0.2, -0.15) is 0 Å². The van der Waals surface area contributed by atoms with Gasteiger partial charge >= 0.3 is 0 Å². The molecule has 1 aliphatic rings. The van der Waals surface area contributed by atoms with Gasteiger partial charge in [-0.3, -0.25) is 0 Å². The molecule has 7 heteroatoms. The smallest absolute Gasteiger partial charge is 0.213 e. The van der Waals surface area contributed by atoms with Crippen molar-refractivity contribution < 1.29 is 14.9 Å². The lowest BCUT2D eigenvalue weighted by Crippen LogP contribution is -2.22. The molecule has 0 aliphatic carbocycles. The second-order valence-corrected chi connectivity index (χ2v) is 4.99. The van der Waals surface area contributed by atoms with E-state index >= 15 is 0 Å². The van der Waals surface area contributed by atoms with E-state index in [-0.39, 0.29) is 0 Å². The van der Waals surface area contributed by atoms with Crippen LogP contribution in [0, 0.1) is 0 Å². The molecule has 1 unspecified atom stereocenters. The summed E-state index contributed by atoms with van der Waals surface area (Å²) in [6, 6.07) is 8.88. The topological polar surface area (TPSA) is 76.0 Å². The first-order valence-corrected chi connectivity index (χ1v) is 7.13. The number of amidine groups is 1. The molecule has 0 amide bonds. The van der Waals surface area contributed by atoms with Crippen LogP contribution in [0.1, 0.15) is 24.3 Å². The Morgan fingerprint density at radius 2 is 2.18 bits per heavy atom. The van der Waals surface area contributed by atoms with E-state index in [9.17, 15) is 0 Å². The van der Waals surface area contributed by atoms with Gasteiger partial charge in [-0.25, -0.2) is 20.1 Å². The summed E-state index contributed by atoms with van der Waals surface area (Å²) in [6.07, 6.45) is 0.795. The fraction of sp³-hybridized carbons (Fsp3) is 0.200. The maximum absolute atomic E-state index is 9.09. The Morgan fingerprint density at radius 1 is 1.32 bits per heavy atom. The second-order valence-electron chi connectivity index (χ2n) is 4.58. The number of halogens is 1. The Labute approximate surface area is 132 Å². The molecule has 1 aromatic carbocycles. The van der Waals surface area contributed by atoms with Gasteiger partial charge in [0.05, 0.1) is 17.3 Å². The quantitative estimate of drug-likeness (QED) is 0.666. The summed E-state index contributed by atoms with van der Waals surface area (Å²) in [4.78, 5) is 13.0. The van der Waals surface area contributed by atoms with Crippen LogP contribution < -0.4 is 10.1 Å². The van der Waals surface area contributed by atoms with E-state index in [0.717, 1.165) is 5.56 Å². The second kappa shape index (κ2) is 6.31. The van der Waals surface area contributed by atoms with E-state index in [4.69, 9.17) is 21.6 Å². The third-order valence-corrected chi connectivity index (χ3v) is 3.52. The van der Waals surface area contributed by atoms with Gasteiger partial charge < -0.3 is 10.1 Å². The average Bonchev–Trinajstić information content (AvgIpc) is 2.55. The minimum absolute atomic E-state index is 0.509. The lowest BCUT2D eigenvalue weighted by atomic mass is 10.1. The zero-order chi connectivity index (χ0) is 15.5. The van der Waals surface area contributed by atoms with Crippen molar-refractivity contribution in [1.82, 2.24) is 4.98 Å². The number of benzene rings is 1. The first kappa shape index (κ1) is 14.8. The number of aromatic nitrogens is 1. The van der Waals surface area contributed by atoms with Gasteiger partial charge in [-0.15, -0.1) is 0 Å². The summed E-state index contributed by atoms with van der Waals surface area (Å²) in [7, 11) is 0. The van der Waals surface area contributed by atoms with E-state index in [0.29, 0.717) is 34.6 Å². The van der Waals surface area contributed by atoms with Crippen LogP contribution in [0.2, 0.25) is 5.02 Å². The summed E-state index contributed by atoms with van der Waals surface area (Å²) >= 11 is 6.19. The molecule has 6 nitrogen and oxygen atoms in total. The van der Waals surface area contributed by atoms with Crippen molar-refractivity contribution in [2.45, 2.75) is 13.2 Å². The number of nitrogens with one attached hydrogen (secondary N) is 1. The Balaban J connectivity index is 1.95. The Kier molecular flexibility index (Phi) is 4.24. The van der Waals surface area contributed by atoms with Crippen LogP contribution in [0.4, 0.5) is 5.69 Å². The number of nitrogens with zero attached hydrogens (tertiary/aromatic N) is 2. The van der Waals surface area contributed by atoms with Crippen molar-refractivity contribution in [1.29, 1.82) is 0 Å². The van der Waals surface area contributed by atoms with Gasteiger partial charge in [0.2, 0.25) is 12.1 Å². The highest BCUT2D eigenvalue weighted by molar-refractivity contribution is 6.34. The monoisotopic (exact) mass is 319 g/mol. The van der Waals surface area contributed by atoms with Crippen LogP contribution in [-0.2, 0) is 4.89 Å². The molecule has 1 aliphatic heterocycles. The van der Waals surface area contributed by atoms with Crippen LogP contribution in [0.3, 0.4) is 0 Å². The number of pyridine rings is 1. The normalized spacial score (nSPS) is 16.5. The lowest BCUT2D eigenvalue weighted by Gasteiger charge is -2.24. The molecule has 0 bridgehead atoms.